The molecule has 1 rings (SSSR count). The number of nitrogens with one attached hydrogen (secondary N) is 1. The number of hydrogen-bond donors (Lipinski definition) is 2. The van der Waals surface area contributed by atoms with E-state index in [0.29, 0.717) is 5.92 Å². The fraction of sp³-hybridized carbons (Fsp3) is 0.833. The molecule has 0 aliphatic heterocycles. The summed E-state index contributed by atoms with van der Waals surface area (Å²) in [6, 6.07) is 0. The van der Waals surface area contributed by atoms with Gasteiger partial charge in [0, 0.05) is 13.0 Å². The molecule has 0 bridgehead atoms. The van der Waals surface area contributed by atoms with Crippen molar-refractivity contribution < 1.29 is 0 Å². The van der Waals surface area contributed by atoms with Crippen molar-refractivity contribution in [3.8, 4) is 0 Å². The van der Waals surface area contributed by atoms with Crippen LogP contribution in [0.2, 0.25) is 0 Å². The van der Waals surface area contributed by atoms with E-state index in [2.05, 4.69) is 17.3 Å². The minimum atomic E-state index is 0.611. The third-order valence-corrected chi connectivity index (χ3v) is 1.85. The zero-order valence-corrected chi connectivity index (χ0v) is 5.89. The van der Waals surface area contributed by atoms with Gasteiger partial charge in [0.15, 0.2) is 0 Å². The molecule has 0 aromatic heterocycles. The van der Waals surface area contributed by atoms with Gasteiger partial charge in [0.2, 0.25) is 0 Å². The topological polar surface area (TPSA) is 50.4 Å². The molecule has 0 aromatic rings. The fourth-order valence-electron chi connectivity index (χ4n) is 1.04. The van der Waals surface area contributed by atoms with Crippen LogP contribution in [-0.4, -0.2) is 12.9 Å². The maximum atomic E-state index is 5.21. The molecule has 0 heterocycles. The Labute approximate surface area is 55.3 Å². The maximum Gasteiger partial charge on any atom is 0.113 e. The lowest BCUT2D eigenvalue weighted by Crippen LogP contribution is -2.32. The Bertz CT molecular complexity index is 130. The van der Waals surface area contributed by atoms with Gasteiger partial charge in [-0.1, -0.05) is 6.92 Å². The van der Waals surface area contributed by atoms with E-state index in [1.807, 2.05) is 0 Å². The SMILES string of the molecule is CN=C(NN)C1CC1C. The van der Waals surface area contributed by atoms with Gasteiger partial charge in [-0.2, -0.15) is 0 Å². The van der Waals surface area contributed by atoms with Crippen LogP contribution >= 0.6 is 0 Å². The molecule has 0 amide bonds. The zero-order chi connectivity index (χ0) is 6.85. The van der Waals surface area contributed by atoms with Crippen LogP contribution in [0.1, 0.15) is 13.3 Å². The standard InChI is InChI=1S/C6H13N3/c1-4-3-5(4)6(8-2)9-7/h4-5H,3,7H2,1-2H3,(H,8,9). The summed E-state index contributed by atoms with van der Waals surface area (Å²) in [5, 5.41) is 0. The van der Waals surface area contributed by atoms with Crippen LogP contribution in [0.5, 0.6) is 0 Å². The fourth-order valence-corrected chi connectivity index (χ4v) is 1.04. The Kier molecular flexibility index (Phi) is 1.71. The summed E-state index contributed by atoms with van der Waals surface area (Å²) in [5.41, 5.74) is 2.59. The van der Waals surface area contributed by atoms with Crippen molar-refractivity contribution >= 4 is 5.84 Å². The Morgan fingerprint density at radius 3 is 2.44 bits per heavy atom. The van der Waals surface area contributed by atoms with Gasteiger partial charge < -0.3 is 5.43 Å². The summed E-state index contributed by atoms with van der Waals surface area (Å²) in [5.74, 6) is 7.54. The second-order valence-electron chi connectivity index (χ2n) is 2.57. The summed E-state index contributed by atoms with van der Waals surface area (Å²) in [6.07, 6.45) is 1.23. The number of nitrogens with zero attached hydrogens (tertiary/aromatic N) is 1. The first-order valence-electron chi connectivity index (χ1n) is 3.23. The zero-order valence-electron chi connectivity index (χ0n) is 5.89. The van der Waals surface area contributed by atoms with Crippen molar-refractivity contribution in [3.05, 3.63) is 0 Å². The van der Waals surface area contributed by atoms with E-state index in [0.717, 1.165) is 11.8 Å². The van der Waals surface area contributed by atoms with Crippen LogP contribution in [0.15, 0.2) is 4.99 Å². The van der Waals surface area contributed by atoms with Gasteiger partial charge in [-0.15, -0.1) is 0 Å². The van der Waals surface area contributed by atoms with Crippen molar-refractivity contribution in [1.29, 1.82) is 0 Å². The third kappa shape index (κ3) is 1.21. The molecule has 1 saturated carbocycles. The molecule has 0 spiro atoms. The van der Waals surface area contributed by atoms with E-state index < -0.39 is 0 Å². The van der Waals surface area contributed by atoms with Gasteiger partial charge in [-0.3, -0.25) is 4.99 Å². The molecule has 2 unspecified atom stereocenters. The van der Waals surface area contributed by atoms with Crippen molar-refractivity contribution in [1.82, 2.24) is 5.43 Å². The molecule has 0 saturated heterocycles. The first-order valence-corrected chi connectivity index (χ1v) is 3.23. The molecule has 1 aliphatic carbocycles. The van der Waals surface area contributed by atoms with Gasteiger partial charge in [-0.05, 0) is 12.3 Å². The number of hydrazine groups is 1. The normalized spacial score (nSPS) is 34.3. The molecule has 0 aromatic carbocycles. The van der Waals surface area contributed by atoms with Crippen LogP contribution in [0.25, 0.3) is 0 Å². The number of rotatable bonds is 1. The monoisotopic (exact) mass is 127 g/mol. The number of hydrogen-bond acceptors (Lipinski definition) is 2. The molecule has 1 aliphatic rings. The summed E-state index contributed by atoms with van der Waals surface area (Å²) >= 11 is 0. The highest BCUT2D eigenvalue weighted by Gasteiger charge is 2.36. The molecular weight excluding hydrogens is 114 g/mol. The molecule has 3 N–H and O–H groups in total. The summed E-state index contributed by atoms with van der Waals surface area (Å²) in [4.78, 5) is 4.00. The smallest absolute Gasteiger partial charge is 0.113 e. The molecule has 9 heavy (non-hydrogen) atoms. The highest BCUT2D eigenvalue weighted by atomic mass is 15.3. The predicted octanol–water partition coefficient (Wildman–Crippen LogP) is 0.134. The Morgan fingerprint density at radius 1 is 1.78 bits per heavy atom. The lowest BCUT2D eigenvalue weighted by atomic mass is 10.3. The van der Waals surface area contributed by atoms with Gasteiger partial charge in [-0.25, -0.2) is 5.84 Å². The van der Waals surface area contributed by atoms with Crippen LogP contribution in [-0.2, 0) is 0 Å². The van der Waals surface area contributed by atoms with Gasteiger partial charge >= 0.3 is 0 Å². The lowest BCUT2D eigenvalue weighted by Gasteiger charge is -1.99. The average molecular weight is 127 g/mol. The van der Waals surface area contributed by atoms with Crippen LogP contribution in [0.4, 0.5) is 0 Å². The number of aliphatic imine (C=N–C) groups is 1. The Hall–Kier alpha value is -0.570. The predicted molar refractivity (Wildman–Crippen MR) is 38.0 cm³/mol. The largest absolute Gasteiger partial charge is 0.312 e. The first-order chi connectivity index (χ1) is 4.29. The molecule has 0 radical (unpaired) electrons. The average Bonchev–Trinajstić information content (AvgIpc) is 2.51. The van der Waals surface area contributed by atoms with E-state index in [9.17, 15) is 0 Å². The van der Waals surface area contributed by atoms with E-state index >= 15 is 0 Å². The summed E-state index contributed by atoms with van der Waals surface area (Å²) in [7, 11) is 1.76. The summed E-state index contributed by atoms with van der Waals surface area (Å²) < 4.78 is 0. The first kappa shape index (κ1) is 6.55. The highest BCUT2D eigenvalue weighted by molar-refractivity contribution is 5.86. The van der Waals surface area contributed by atoms with Gasteiger partial charge in [0.1, 0.15) is 5.84 Å². The lowest BCUT2D eigenvalue weighted by molar-refractivity contribution is 0.869. The number of amidine groups is 1. The molecule has 52 valence electrons. The molecule has 1 fully saturated rings. The van der Waals surface area contributed by atoms with E-state index in [4.69, 9.17) is 5.84 Å². The van der Waals surface area contributed by atoms with E-state index in [-0.39, 0.29) is 0 Å². The molecular formula is C6H13N3. The van der Waals surface area contributed by atoms with Crippen LogP contribution in [0, 0.1) is 11.8 Å². The highest BCUT2D eigenvalue weighted by Crippen LogP contribution is 2.37. The quantitative estimate of drug-likeness (QED) is 0.228. The molecule has 3 heteroatoms. The molecule has 2 atom stereocenters. The van der Waals surface area contributed by atoms with Crippen molar-refractivity contribution in [2.45, 2.75) is 13.3 Å². The van der Waals surface area contributed by atoms with Gasteiger partial charge in [0.05, 0.1) is 0 Å². The minimum absolute atomic E-state index is 0.611. The second-order valence-corrected chi connectivity index (χ2v) is 2.57. The Balaban J connectivity index is 2.41. The van der Waals surface area contributed by atoms with Crippen molar-refractivity contribution in [2.24, 2.45) is 22.7 Å². The third-order valence-electron chi connectivity index (χ3n) is 1.85. The van der Waals surface area contributed by atoms with Crippen molar-refractivity contribution in [3.63, 3.8) is 0 Å². The van der Waals surface area contributed by atoms with Gasteiger partial charge in [0.25, 0.3) is 0 Å². The summed E-state index contributed by atoms with van der Waals surface area (Å²) in [6.45, 7) is 2.20. The second kappa shape index (κ2) is 2.35. The minimum Gasteiger partial charge on any atom is -0.312 e. The Morgan fingerprint density at radius 2 is 2.33 bits per heavy atom. The molecule has 3 nitrogen and oxygen atoms in total. The van der Waals surface area contributed by atoms with E-state index in [1.54, 1.807) is 7.05 Å². The van der Waals surface area contributed by atoms with Crippen LogP contribution in [0.3, 0.4) is 0 Å². The van der Waals surface area contributed by atoms with Crippen LogP contribution < -0.4 is 11.3 Å². The van der Waals surface area contributed by atoms with E-state index in [1.165, 1.54) is 6.42 Å². The number of nitrogens with two attached hydrogens (primary N) is 1. The van der Waals surface area contributed by atoms with Crippen molar-refractivity contribution in [2.75, 3.05) is 7.05 Å². The maximum absolute atomic E-state index is 5.21.